The first-order valence-electron chi connectivity index (χ1n) is 5.09. The van der Waals surface area contributed by atoms with Gasteiger partial charge in [0.1, 0.15) is 0 Å². The predicted molar refractivity (Wildman–Crippen MR) is 63.4 cm³/mol. The molecule has 0 spiro atoms. The molecule has 2 rings (SSSR count). The van der Waals surface area contributed by atoms with Gasteiger partial charge in [0.05, 0.1) is 0 Å². The Hall–Kier alpha value is -0.340. The molecule has 1 fully saturated rings. The third-order valence-corrected chi connectivity index (χ3v) is 3.50. The predicted octanol–water partition coefficient (Wildman–Crippen LogP) is 3.40. The molecule has 1 N–H and O–H groups in total. The first-order valence-corrected chi connectivity index (χ1v) is 5.88. The zero-order valence-electron chi connectivity index (χ0n) is 8.73. The first kappa shape index (κ1) is 10.2. The van der Waals surface area contributed by atoms with E-state index in [4.69, 9.17) is 0 Å². The van der Waals surface area contributed by atoms with Gasteiger partial charge in [0.25, 0.3) is 0 Å². The van der Waals surface area contributed by atoms with E-state index in [1.807, 2.05) is 0 Å². The molecule has 2 heteroatoms. The number of rotatable bonds is 3. The minimum atomic E-state index is 0.430. The summed E-state index contributed by atoms with van der Waals surface area (Å²) >= 11 is 3.48. The molecule has 0 bridgehead atoms. The summed E-state index contributed by atoms with van der Waals surface area (Å²) in [5.74, 6) is 0. The highest BCUT2D eigenvalue weighted by molar-refractivity contribution is 9.10. The standard InChI is InChI=1S/C12H16BrN/c1-9-7-11(13)4-3-10(9)8-14-12(2)5-6-12/h3-4,7,14H,5-6,8H2,1-2H3. The van der Waals surface area contributed by atoms with Crippen LogP contribution in [0.15, 0.2) is 22.7 Å². The van der Waals surface area contributed by atoms with Crippen LogP contribution in [0.25, 0.3) is 0 Å². The van der Waals surface area contributed by atoms with Crippen molar-refractivity contribution in [3.8, 4) is 0 Å². The normalized spacial score (nSPS) is 18.2. The van der Waals surface area contributed by atoms with E-state index in [1.165, 1.54) is 24.0 Å². The number of aryl methyl sites for hydroxylation is 1. The van der Waals surface area contributed by atoms with Crippen molar-refractivity contribution in [3.63, 3.8) is 0 Å². The Kier molecular flexibility index (Phi) is 2.67. The van der Waals surface area contributed by atoms with Crippen LogP contribution >= 0.6 is 15.9 Å². The molecule has 0 atom stereocenters. The molecule has 1 nitrogen and oxygen atoms in total. The minimum Gasteiger partial charge on any atom is -0.307 e. The van der Waals surface area contributed by atoms with Gasteiger partial charge in [-0.1, -0.05) is 22.0 Å². The molecule has 0 aliphatic heterocycles. The average molecular weight is 254 g/mol. The van der Waals surface area contributed by atoms with E-state index < -0.39 is 0 Å². The Morgan fingerprint density at radius 1 is 1.43 bits per heavy atom. The van der Waals surface area contributed by atoms with Crippen LogP contribution in [0.4, 0.5) is 0 Å². The van der Waals surface area contributed by atoms with E-state index in [9.17, 15) is 0 Å². The van der Waals surface area contributed by atoms with Gasteiger partial charge in [0, 0.05) is 16.6 Å². The zero-order chi connectivity index (χ0) is 10.2. The minimum absolute atomic E-state index is 0.430. The van der Waals surface area contributed by atoms with Crippen molar-refractivity contribution in [3.05, 3.63) is 33.8 Å². The van der Waals surface area contributed by atoms with Crippen molar-refractivity contribution in [2.45, 2.75) is 38.8 Å². The summed E-state index contributed by atoms with van der Waals surface area (Å²) in [6.07, 6.45) is 2.64. The van der Waals surface area contributed by atoms with Gasteiger partial charge in [-0.25, -0.2) is 0 Å². The largest absolute Gasteiger partial charge is 0.307 e. The number of halogens is 1. The van der Waals surface area contributed by atoms with Gasteiger partial charge in [-0.05, 0) is 49.9 Å². The maximum Gasteiger partial charge on any atom is 0.0213 e. The number of nitrogens with one attached hydrogen (secondary N) is 1. The molecule has 1 saturated carbocycles. The smallest absolute Gasteiger partial charge is 0.0213 e. The topological polar surface area (TPSA) is 12.0 Å². The summed E-state index contributed by atoms with van der Waals surface area (Å²) in [6, 6.07) is 6.48. The Morgan fingerprint density at radius 3 is 2.71 bits per heavy atom. The highest BCUT2D eigenvalue weighted by Gasteiger charge is 2.36. The fraction of sp³-hybridized carbons (Fsp3) is 0.500. The van der Waals surface area contributed by atoms with Gasteiger partial charge < -0.3 is 5.32 Å². The number of benzene rings is 1. The zero-order valence-corrected chi connectivity index (χ0v) is 10.3. The van der Waals surface area contributed by atoms with E-state index in [1.54, 1.807) is 0 Å². The molecule has 0 amide bonds. The summed E-state index contributed by atoms with van der Waals surface area (Å²) in [7, 11) is 0. The van der Waals surface area contributed by atoms with Crippen molar-refractivity contribution < 1.29 is 0 Å². The molecule has 1 aliphatic rings. The SMILES string of the molecule is Cc1cc(Br)ccc1CNC1(C)CC1. The molecule has 76 valence electrons. The Balaban J connectivity index is 2.02. The van der Waals surface area contributed by atoms with Crippen LogP contribution in [0.3, 0.4) is 0 Å². The molecule has 0 saturated heterocycles. The Bertz CT molecular complexity index is 342. The molecule has 0 radical (unpaired) electrons. The van der Waals surface area contributed by atoms with Crippen LogP contribution in [-0.2, 0) is 6.54 Å². The molecule has 1 aromatic carbocycles. The maximum absolute atomic E-state index is 3.59. The van der Waals surface area contributed by atoms with Crippen LogP contribution in [0, 0.1) is 6.92 Å². The highest BCUT2D eigenvalue weighted by atomic mass is 79.9. The number of hydrogen-bond acceptors (Lipinski definition) is 1. The van der Waals surface area contributed by atoms with E-state index in [2.05, 4.69) is 53.3 Å². The molecule has 1 aromatic rings. The van der Waals surface area contributed by atoms with E-state index >= 15 is 0 Å². The van der Waals surface area contributed by atoms with Gasteiger partial charge in [-0.15, -0.1) is 0 Å². The summed E-state index contributed by atoms with van der Waals surface area (Å²) < 4.78 is 1.16. The molecule has 14 heavy (non-hydrogen) atoms. The number of hydrogen-bond donors (Lipinski definition) is 1. The lowest BCUT2D eigenvalue weighted by atomic mass is 10.1. The summed E-state index contributed by atoms with van der Waals surface area (Å²) in [5, 5.41) is 3.59. The summed E-state index contributed by atoms with van der Waals surface area (Å²) in [4.78, 5) is 0. The second kappa shape index (κ2) is 3.67. The lowest BCUT2D eigenvalue weighted by Gasteiger charge is -2.13. The van der Waals surface area contributed by atoms with Gasteiger partial charge >= 0.3 is 0 Å². The van der Waals surface area contributed by atoms with Gasteiger partial charge in [-0.3, -0.25) is 0 Å². The van der Waals surface area contributed by atoms with Crippen LogP contribution < -0.4 is 5.32 Å². The van der Waals surface area contributed by atoms with Gasteiger partial charge in [0.2, 0.25) is 0 Å². The van der Waals surface area contributed by atoms with Crippen molar-refractivity contribution in [2.75, 3.05) is 0 Å². The van der Waals surface area contributed by atoms with Crippen LogP contribution in [0.1, 0.15) is 30.9 Å². The molecule has 0 unspecified atom stereocenters. The Labute approximate surface area is 94.0 Å². The molecule has 1 aliphatic carbocycles. The first-order chi connectivity index (χ1) is 6.59. The van der Waals surface area contributed by atoms with Crippen LogP contribution in [-0.4, -0.2) is 5.54 Å². The van der Waals surface area contributed by atoms with Crippen LogP contribution in [0.5, 0.6) is 0 Å². The van der Waals surface area contributed by atoms with Crippen molar-refractivity contribution >= 4 is 15.9 Å². The third-order valence-electron chi connectivity index (χ3n) is 3.01. The van der Waals surface area contributed by atoms with Gasteiger partial charge in [0.15, 0.2) is 0 Å². The van der Waals surface area contributed by atoms with E-state index in [0.717, 1.165) is 11.0 Å². The summed E-state index contributed by atoms with van der Waals surface area (Å²) in [6.45, 7) is 5.45. The van der Waals surface area contributed by atoms with E-state index in [0.29, 0.717) is 5.54 Å². The molecule has 0 heterocycles. The van der Waals surface area contributed by atoms with E-state index in [-0.39, 0.29) is 0 Å². The fourth-order valence-electron chi connectivity index (χ4n) is 1.53. The second-order valence-corrected chi connectivity index (χ2v) is 5.40. The molecule has 0 aromatic heterocycles. The second-order valence-electron chi connectivity index (χ2n) is 4.49. The Morgan fingerprint density at radius 2 is 2.14 bits per heavy atom. The lowest BCUT2D eigenvalue weighted by Crippen LogP contribution is -2.27. The highest BCUT2D eigenvalue weighted by Crippen LogP contribution is 2.34. The molecular weight excluding hydrogens is 238 g/mol. The quantitative estimate of drug-likeness (QED) is 0.871. The third kappa shape index (κ3) is 2.37. The van der Waals surface area contributed by atoms with Crippen LogP contribution in [0.2, 0.25) is 0 Å². The van der Waals surface area contributed by atoms with Crippen molar-refractivity contribution in [2.24, 2.45) is 0 Å². The molecular formula is C12H16BrN. The average Bonchev–Trinajstić information content (AvgIpc) is 2.83. The maximum atomic E-state index is 3.59. The fourth-order valence-corrected chi connectivity index (χ4v) is 2.01. The summed E-state index contributed by atoms with van der Waals surface area (Å²) in [5.41, 5.74) is 3.19. The van der Waals surface area contributed by atoms with Crippen molar-refractivity contribution in [1.82, 2.24) is 5.32 Å². The monoisotopic (exact) mass is 253 g/mol. The lowest BCUT2D eigenvalue weighted by molar-refractivity contribution is 0.536. The van der Waals surface area contributed by atoms with Gasteiger partial charge in [-0.2, -0.15) is 0 Å². The van der Waals surface area contributed by atoms with Crippen molar-refractivity contribution in [1.29, 1.82) is 0 Å².